The number of rotatable bonds is 12. The zero-order chi connectivity index (χ0) is 31.3. The van der Waals surface area contributed by atoms with Crippen LogP contribution in [0, 0.1) is 0 Å². The number of hydrogen-bond acceptors (Lipinski definition) is 7. The summed E-state index contributed by atoms with van der Waals surface area (Å²) in [7, 11) is 1.28. The van der Waals surface area contributed by atoms with E-state index in [1.54, 1.807) is 109 Å². The number of nitrogens with one attached hydrogen (secondary N) is 3. The summed E-state index contributed by atoms with van der Waals surface area (Å²) in [5, 5.41) is 8.28. The quantitative estimate of drug-likeness (QED) is 0.102. The molecular formula is C34H31N3O6S. The van der Waals surface area contributed by atoms with Crippen molar-refractivity contribution in [2.75, 3.05) is 30.1 Å². The predicted octanol–water partition coefficient (Wildman–Crippen LogP) is 6.01. The molecule has 0 atom stereocenters. The third-order valence-corrected chi connectivity index (χ3v) is 7.13. The molecule has 0 fully saturated rings. The summed E-state index contributed by atoms with van der Waals surface area (Å²) in [6.07, 6.45) is 1.59. The van der Waals surface area contributed by atoms with E-state index in [2.05, 4.69) is 16.0 Å². The second-order valence-electron chi connectivity index (χ2n) is 9.23. The molecule has 44 heavy (non-hydrogen) atoms. The molecule has 3 N–H and O–H groups in total. The van der Waals surface area contributed by atoms with E-state index in [0.29, 0.717) is 34.9 Å². The zero-order valence-electron chi connectivity index (χ0n) is 24.2. The Balaban J connectivity index is 1.41. The number of methoxy groups -OCH3 is 1. The van der Waals surface area contributed by atoms with Crippen LogP contribution < -0.4 is 20.7 Å². The Bertz CT molecular complexity index is 1640. The molecule has 0 saturated heterocycles. The molecule has 0 unspecified atom stereocenters. The van der Waals surface area contributed by atoms with Crippen LogP contribution in [0.25, 0.3) is 6.08 Å². The Morgan fingerprint density at radius 1 is 0.795 bits per heavy atom. The highest BCUT2D eigenvalue weighted by Gasteiger charge is 2.16. The zero-order valence-corrected chi connectivity index (χ0v) is 25.0. The number of carbonyl (C=O) groups excluding carboxylic acids is 4. The van der Waals surface area contributed by atoms with Gasteiger partial charge in [0.15, 0.2) is 0 Å². The van der Waals surface area contributed by atoms with Gasteiger partial charge >= 0.3 is 5.97 Å². The van der Waals surface area contributed by atoms with E-state index in [9.17, 15) is 19.2 Å². The van der Waals surface area contributed by atoms with E-state index < -0.39 is 17.8 Å². The number of anilines is 2. The molecule has 4 aromatic carbocycles. The summed E-state index contributed by atoms with van der Waals surface area (Å²) in [6, 6.07) is 29.4. The number of esters is 1. The minimum absolute atomic E-state index is 0.0605. The van der Waals surface area contributed by atoms with Gasteiger partial charge in [-0.3, -0.25) is 14.4 Å². The van der Waals surface area contributed by atoms with Gasteiger partial charge in [0.05, 0.1) is 30.7 Å². The Morgan fingerprint density at radius 3 is 2.16 bits per heavy atom. The fraction of sp³-hybridized carbons (Fsp3) is 0.118. The molecule has 4 aromatic rings. The molecule has 0 radical (unpaired) electrons. The highest BCUT2D eigenvalue weighted by molar-refractivity contribution is 8.00. The highest BCUT2D eigenvalue weighted by atomic mass is 32.2. The van der Waals surface area contributed by atoms with E-state index in [4.69, 9.17) is 9.47 Å². The molecule has 0 bridgehead atoms. The van der Waals surface area contributed by atoms with Crippen LogP contribution in [0.3, 0.4) is 0 Å². The first-order valence-electron chi connectivity index (χ1n) is 13.7. The summed E-state index contributed by atoms with van der Waals surface area (Å²) in [5.74, 6) is -0.957. The number of carbonyl (C=O) groups is 4. The van der Waals surface area contributed by atoms with E-state index in [1.807, 2.05) is 6.92 Å². The van der Waals surface area contributed by atoms with Crippen molar-refractivity contribution in [2.24, 2.45) is 0 Å². The van der Waals surface area contributed by atoms with Gasteiger partial charge < -0.3 is 25.4 Å². The lowest BCUT2D eigenvalue weighted by molar-refractivity contribution is -0.114. The van der Waals surface area contributed by atoms with E-state index >= 15 is 0 Å². The molecule has 9 nitrogen and oxygen atoms in total. The second-order valence-corrected chi connectivity index (χ2v) is 10.3. The highest BCUT2D eigenvalue weighted by Crippen LogP contribution is 2.22. The lowest BCUT2D eigenvalue weighted by Gasteiger charge is -2.12. The van der Waals surface area contributed by atoms with Crippen LogP contribution in [0.15, 0.2) is 114 Å². The van der Waals surface area contributed by atoms with Crippen molar-refractivity contribution >= 4 is 52.9 Å². The number of thioether (sulfide) groups is 1. The molecule has 3 amide bonds. The van der Waals surface area contributed by atoms with Crippen LogP contribution in [0.2, 0.25) is 0 Å². The summed E-state index contributed by atoms with van der Waals surface area (Å²) >= 11 is 1.29. The van der Waals surface area contributed by atoms with E-state index in [0.717, 1.165) is 4.90 Å². The van der Waals surface area contributed by atoms with E-state index in [-0.39, 0.29) is 22.9 Å². The van der Waals surface area contributed by atoms with Crippen molar-refractivity contribution in [3.8, 4) is 5.75 Å². The summed E-state index contributed by atoms with van der Waals surface area (Å²) < 4.78 is 10.3. The normalized spacial score (nSPS) is 10.8. The van der Waals surface area contributed by atoms with Gasteiger partial charge in [0.1, 0.15) is 11.4 Å². The maximum Gasteiger partial charge on any atom is 0.339 e. The topological polar surface area (TPSA) is 123 Å². The monoisotopic (exact) mass is 609 g/mol. The standard InChI is InChI=1S/C34H31N3O6S/c1-3-43-26-17-13-23(14-18-26)21-30(37-32(39)24-9-5-4-6-10-24)33(40)35-25-15-19-27(20-16-25)44-22-31(38)36-29-12-8-7-11-28(29)34(41)42-2/h4-21H,3,22H2,1-2H3,(H,35,40)(H,36,38)(H,37,39)/b30-21-. The minimum atomic E-state index is -0.539. The van der Waals surface area contributed by atoms with Gasteiger partial charge in [-0.25, -0.2) is 4.79 Å². The van der Waals surface area contributed by atoms with E-state index in [1.165, 1.54) is 18.9 Å². The number of hydrogen-bond donors (Lipinski definition) is 3. The van der Waals surface area contributed by atoms with Gasteiger partial charge in [0.2, 0.25) is 5.91 Å². The van der Waals surface area contributed by atoms with Crippen molar-refractivity contribution in [3.05, 3.63) is 126 Å². The average molecular weight is 610 g/mol. The predicted molar refractivity (Wildman–Crippen MR) is 172 cm³/mol. The maximum atomic E-state index is 13.3. The first-order valence-corrected chi connectivity index (χ1v) is 14.7. The van der Waals surface area contributed by atoms with Crippen LogP contribution in [0.5, 0.6) is 5.75 Å². The van der Waals surface area contributed by atoms with Crippen LogP contribution in [0.4, 0.5) is 11.4 Å². The first-order chi connectivity index (χ1) is 21.4. The van der Waals surface area contributed by atoms with Crippen LogP contribution in [-0.2, 0) is 14.3 Å². The molecule has 0 saturated carbocycles. The molecule has 4 rings (SSSR count). The fourth-order valence-corrected chi connectivity index (χ4v) is 4.68. The number of amides is 3. The molecule has 0 aromatic heterocycles. The Labute approximate surface area is 259 Å². The smallest absolute Gasteiger partial charge is 0.339 e. The summed E-state index contributed by atoms with van der Waals surface area (Å²) in [5.41, 5.74) is 2.32. The Morgan fingerprint density at radius 2 is 1.48 bits per heavy atom. The third-order valence-electron chi connectivity index (χ3n) is 6.12. The van der Waals surface area contributed by atoms with Gasteiger partial charge in [0.25, 0.3) is 11.8 Å². The molecule has 224 valence electrons. The molecular weight excluding hydrogens is 578 g/mol. The van der Waals surface area contributed by atoms with Gasteiger partial charge in [-0.1, -0.05) is 42.5 Å². The SMILES string of the molecule is CCOc1ccc(/C=C(\NC(=O)c2ccccc2)C(=O)Nc2ccc(SCC(=O)Nc3ccccc3C(=O)OC)cc2)cc1. The molecule has 0 aliphatic carbocycles. The van der Waals surface area contributed by atoms with Crippen molar-refractivity contribution in [1.29, 1.82) is 0 Å². The number of ether oxygens (including phenoxy) is 2. The minimum Gasteiger partial charge on any atom is -0.494 e. The Hall–Kier alpha value is -5.35. The van der Waals surface area contributed by atoms with Crippen LogP contribution >= 0.6 is 11.8 Å². The van der Waals surface area contributed by atoms with Crippen LogP contribution in [0.1, 0.15) is 33.2 Å². The van der Waals surface area contributed by atoms with Gasteiger partial charge in [-0.15, -0.1) is 11.8 Å². The second kappa shape index (κ2) is 15.8. The molecule has 0 heterocycles. The molecule has 0 spiro atoms. The molecule has 0 aliphatic heterocycles. The largest absolute Gasteiger partial charge is 0.494 e. The first kappa shape index (κ1) is 31.6. The Kier molecular flexibility index (Phi) is 11.3. The van der Waals surface area contributed by atoms with Crippen molar-refractivity contribution in [1.82, 2.24) is 5.32 Å². The fourth-order valence-electron chi connectivity index (χ4n) is 3.98. The summed E-state index contributed by atoms with van der Waals surface area (Å²) in [6.45, 7) is 2.43. The molecule has 0 aliphatic rings. The average Bonchev–Trinajstić information content (AvgIpc) is 3.05. The number of para-hydroxylation sites is 1. The lowest BCUT2D eigenvalue weighted by Crippen LogP contribution is -2.30. The molecule has 10 heteroatoms. The maximum absolute atomic E-state index is 13.3. The van der Waals surface area contributed by atoms with Crippen molar-refractivity contribution in [3.63, 3.8) is 0 Å². The third kappa shape index (κ3) is 9.07. The van der Waals surface area contributed by atoms with Gasteiger partial charge in [0, 0.05) is 16.1 Å². The number of benzene rings is 4. The van der Waals surface area contributed by atoms with Crippen molar-refractivity contribution in [2.45, 2.75) is 11.8 Å². The summed E-state index contributed by atoms with van der Waals surface area (Å²) in [4.78, 5) is 51.5. The van der Waals surface area contributed by atoms with Gasteiger partial charge in [-0.05, 0) is 79.2 Å². The van der Waals surface area contributed by atoms with Crippen LogP contribution in [-0.4, -0.2) is 43.2 Å². The van der Waals surface area contributed by atoms with Gasteiger partial charge in [-0.2, -0.15) is 0 Å². The van der Waals surface area contributed by atoms with Crippen molar-refractivity contribution < 1.29 is 28.7 Å². The lowest BCUT2D eigenvalue weighted by atomic mass is 10.1.